The standard InChI is InChI=1S/C17H24N4OS.ClH/c1-11-9-18-8-7-13(11)19-16(22)10-23-12(2)17-20-14-5-3-4-6-15(14)21-17;/h3-6,11-13,18H,7-10H2,1-2H3,(H,19,22)(H,20,21);1H. The highest BCUT2D eigenvalue weighted by Crippen LogP contribution is 2.27. The van der Waals surface area contributed by atoms with E-state index in [2.05, 4.69) is 34.4 Å². The molecule has 0 spiro atoms. The van der Waals surface area contributed by atoms with E-state index in [0.29, 0.717) is 17.7 Å². The van der Waals surface area contributed by atoms with E-state index in [-0.39, 0.29) is 23.6 Å². The van der Waals surface area contributed by atoms with Gasteiger partial charge in [0.05, 0.1) is 22.0 Å². The second kappa shape index (κ2) is 8.74. The lowest BCUT2D eigenvalue weighted by Gasteiger charge is -2.30. The summed E-state index contributed by atoms with van der Waals surface area (Å²) < 4.78 is 0. The highest BCUT2D eigenvalue weighted by molar-refractivity contribution is 8.00. The third kappa shape index (κ3) is 4.65. The van der Waals surface area contributed by atoms with Gasteiger partial charge in [0.1, 0.15) is 5.82 Å². The molecule has 3 N–H and O–H groups in total. The molecule has 2 aromatic rings. The Morgan fingerprint density at radius 3 is 3.00 bits per heavy atom. The van der Waals surface area contributed by atoms with Crippen LogP contribution in [-0.2, 0) is 4.79 Å². The minimum Gasteiger partial charge on any atom is -0.352 e. The molecule has 1 aromatic carbocycles. The molecule has 3 atom stereocenters. The highest BCUT2D eigenvalue weighted by atomic mass is 35.5. The zero-order valence-corrected chi connectivity index (χ0v) is 15.7. The van der Waals surface area contributed by atoms with Gasteiger partial charge < -0.3 is 15.6 Å². The summed E-state index contributed by atoms with van der Waals surface area (Å²) in [5, 5.41) is 6.69. The molecular formula is C17H25ClN4OS. The summed E-state index contributed by atoms with van der Waals surface area (Å²) >= 11 is 1.62. The average Bonchev–Trinajstić information content (AvgIpc) is 2.99. The van der Waals surface area contributed by atoms with Crippen LogP contribution in [0.3, 0.4) is 0 Å². The molecule has 0 radical (unpaired) electrons. The lowest BCUT2D eigenvalue weighted by atomic mass is 9.95. The van der Waals surface area contributed by atoms with Gasteiger partial charge in [-0.3, -0.25) is 4.79 Å². The van der Waals surface area contributed by atoms with Gasteiger partial charge in [-0.05, 0) is 44.5 Å². The van der Waals surface area contributed by atoms with E-state index in [0.717, 1.165) is 36.4 Å². The molecule has 1 aromatic heterocycles. The average molecular weight is 369 g/mol. The summed E-state index contributed by atoms with van der Waals surface area (Å²) in [4.78, 5) is 20.1. The fourth-order valence-corrected chi connectivity index (χ4v) is 3.68. The molecule has 5 nitrogen and oxygen atoms in total. The number of fused-ring (bicyclic) bond motifs is 1. The molecule has 3 rings (SSSR count). The van der Waals surface area contributed by atoms with Crippen molar-refractivity contribution in [3.05, 3.63) is 30.1 Å². The molecule has 0 bridgehead atoms. The quantitative estimate of drug-likeness (QED) is 0.759. The predicted octanol–water partition coefficient (Wildman–Crippen LogP) is 2.89. The van der Waals surface area contributed by atoms with Gasteiger partial charge in [-0.2, -0.15) is 0 Å². The van der Waals surface area contributed by atoms with Gasteiger partial charge in [-0.15, -0.1) is 24.2 Å². The molecule has 7 heteroatoms. The Balaban J connectivity index is 0.00000208. The number of H-pyrrole nitrogens is 1. The Kier molecular flexibility index (Phi) is 6.95. The number of halogens is 1. The molecule has 24 heavy (non-hydrogen) atoms. The number of carbonyl (C=O) groups is 1. The highest BCUT2D eigenvalue weighted by Gasteiger charge is 2.23. The molecule has 1 fully saturated rings. The number of imidazole rings is 1. The van der Waals surface area contributed by atoms with Crippen LogP contribution in [0.15, 0.2) is 24.3 Å². The van der Waals surface area contributed by atoms with E-state index >= 15 is 0 Å². The van der Waals surface area contributed by atoms with Crippen molar-refractivity contribution in [3.8, 4) is 0 Å². The molecule has 1 aliphatic rings. The first-order valence-corrected chi connectivity index (χ1v) is 9.24. The fourth-order valence-electron chi connectivity index (χ4n) is 2.92. The molecule has 0 aliphatic carbocycles. The number of nitrogens with one attached hydrogen (secondary N) is 3. The van der Waals surface area contributed by atoms with E-state index < -0.39 is 0 Å². The van der Waals surface area contributed by atoms with Crippen molar-refractivity contribution in [1.29, 1.82) is 0 Å². The summed E-state index contributed by atoms with van der Waals surface area (Å²) in [6.07, 6.45) is 1.01. The van der Waals surface area contributed by atoms with E-state index in [1.165, 1.54) is 0 Å². The summed E-state index contributed by atoms with van der Waals surface area (Å²) in [5.41, 5.74) is 2.02. The maximum absolute atomic E-state index is 12.2. The number of rotatable bonds is 5. The van der Waals surface area contributed by atoms with Crippen LogP contribution in [0.5, 0.6) is 0 Å². The first-order valence-electron chi connectivity index (χ1n) is 8.20. The molecule has 1 amide bonds. The molecule has 0 saturated carbocycles. The van der Waals surface area contributed by atoms with E-state index in [1.54, 1.807) is 11.8 Å². The SMILES string of the molecule is CC(SCC(=O)NC1CCNCC1C)c1nc2ccccc2[nH]1.Cl. The van der Waals surface area contributed by atoms with Crippen molar-refractivity contribution in [1.82, 2.24) is 20.6 Å². The second-order valence-electron chi connectivity index (χ2n) is 6.24. The number of hydrogen-bond donors (Lipinski definition) is 3. The number of carbonyl (C=O) groups excluding carboxylic acids is 1. The van der Waals surface area contributed by atoms with Gasteiger partial charge in [0.2, 0.25) is 5.91 Å². The van der Waals surface area contributed by atoms with E-state index in [9.17, 15) is 4.79 Å². The van der Waals surface area contributed by atoms with Crippen LogP contribution in [0.4, 0.5) is 0 Å². The van der Waals surface area contributed by atoms with Gasteiger partial charge >= 0.3 is 0 Å². The summed E-state index contributed by atoms with van der Waals surface area (Å²) in [6, 6.07) is 8.30. The number of aromatic nitrogens is 2. The largest absolute Gasteiger partial charge is 0.352 e. The number of benzene rings is 1. The van der Waals surface area contributed by atoms with Crippen LogP contribution in [-0.4, -0.2) is 40.8 Å². The van der Waals surface area contributed by atoms with Gasteiger partial charge in [0.15, 0.2) is 0 Å². The first-order chi connectivity index (χ1) is 11.1. The Hall–Kier alpha value is -1.24. The van der Waals surface area contributed by atoms with Crippen molar-refractivity contribution in [2.24, 2.45) is 5.92 Å². The number of piperidine rings is 1. The third-order valence-electron chi connectivity index (χ3n) is 4.39. The number of thioether (sulfide) groups is 1. The van der Waals surface area contributed by atoms with Crippen LogP contribution in [0.2, 0.25) is 0 Å². The molecule has 2 heterocycles. The Morgan fingerprint density at radius 2 is 2.25 bits per heavy atom. The zero-order chi connectivity index (χ0) is 16.2. The van der Waals surface area contributed by atoms with Crippen molar-refractivity contribution in [3.63, 3.8) is 0 Å². The van der Waals surface area contributed by atoms with E-state index in [1.807, 2.05) is 24.3 Å². The van der Waals surface area contributed by atoms with Crippen LogP contribution < -0.4 is 10.6 Å². The van der Waals surface area contributed by atoms with Crippen molar-refractivity contribution in [2.45, 2.75) is 31.6 Å². The molecule has 1 aliphatic heterocycles. The second-order valence-corrected chi connectivity index (χ2v) is 7.57. The van der Waals surface area contributed by atoms with Crippen molar-refractivity contribution >= 4 is 41.1 Å². The minimum atomic E-state index is 0. The number of nitrogens with zero attached hydrogens (tertiary/aromatic N) is 1. The summed E-state index contributed by atoms with van der Waals surface area (Å²) in [6.45, 7) is 6.23. The number of hydrogen-bond acceptors (Lipinski definition) is 4. The van der Waals surface area contributed by atoms with Gasteiger partial charge in [-0.1, -0.05) is 19.1 Å². The lowest BCUT2D eigenvalue weighted by molar-refractivity contribution is -0.119. The van der Waals surface area contributed by atoms with Gasteiger partial charge in [0.25, 0.3) is 0 Å². The number of amides is 1. The Bertz CT molecular complexity index is 644. The van der Waals surface area contributed by atoms with E-state index in [4.69, 9.17) is 0 Å². The maximum atomic E-state index is 12.2. The molecular weight excluding hydrogens is 344 g/mol. The predicted molar refractivity (Wildman–Crippen MR) is 103 cm³/mol. The van der Waals surface area contributed by atoms with Crippen LogP contribution in [0.1, 0.15) is 31.3 Å². The number of para-hydroxylation sites is 2. The van der Waals surface area contributed by atoms with Crippen molar-refractivity contribution < 1.29 is 4.79 Å². The zero-order valence-electron chi connectivity index (χ0n) is 14.0. The molecule has 1 saturated heterocycles. The Morgan fingerprint density at radius 1 is 1.46 bits per heavy atom. The van der Waals surface area contributed by atoms with Crippen LogP contribution in [0.25, 0.3) is 11.0 Å². The topological polar surface area (TPSA) is 69.8 Å². The van der Waals surface area contributed by atoms with Gasteiger partial charge in [-0.25, -0.2) is 4.98 Å². The number of aromatic amines is 1. The first kappa shape index (κ1) is 19.1. The third-order valence-corrected chi connectivity index (χ3v) is 5.54. The minimum absolute atomic E-state index is 0. The molecule has 3 unspecified atom stereocenters. The summed E-state index contributed by atoms with van der Waals surface area (Å²) in [5.74, 6) is 2.01. The van der Waals surface area contributed by atoms with Crippen molar-refractivity contribution in [2.75, 3.05) is 18.8 Å². The normalized spacial score (nSPS) is 21.9. The maximum Gasteiger partial charge on any atom is 0.230 e. The van der Waals surface area contributed by atoms with Gasteiger partial charge in [0, 0.05) is 6.04 Å². The van der Waals surface area contributed by atoms with Crippen LogP contribution >= 0.6 is 24.2 Å². The lowest BCUT2D eigenvalue weighted by Crippen LogP contribution is -2.48. The summed E-state index contributed by atoms with van der Waals surface area (Å²) in [7, 11) is 0. The monoisotopic (exact) mass is 368 g/mol. The molecule has 132 valence electrons. The fraction of sp³-hybridized carbons (Fsp3) is 0.529. The van der Waals surface area contributed by atoms with Crippen LogP contribution in [0, 0.1) is 5.92 Å². The smallest absolute Gasteiger partial charge is 0.230 e. The Labute approximate surface area is 153 Å².